The van der Waals surface area contributed by atoms with Crippen molar-refractivity contribution < 1.29 is 13.3 Å². The number of fused-ring (bicyclic) bond motifs is 1. The van der Waals surface area contributed by atoms with Crippen LogP contribution in [0.2, 0.25) is 0 Å². The number of hydrogen-bond acceptors (Lipinski definition) is 4. The van der Waals surface area contributed by atoms with Crippen molar-refractivity contribution in [2.45, 2.75) is 38.4 Å². The number of nitrogens with one attached hydrogen (secondary N) is 1. The number of likely N-dealkylation sites (tertiary alicyclic amines) is 1. The molecule has 0 saturated carbocycles. The van der Waals surface area contributed by atoms with Gasteiger partial charge < -0.3 is 4.90 Å². The van der Waals surface area contributed by atoms with Gasteiger partial charge in [0.15, 0.2) is 16.5 Å². The highest BCUT2D eigenvalue weighted by Crippen LogP contribution is 2.26. The van der Waals surface area contributed by atoms with Gasteiger partial charge in [-0.05, 0) is 35.9 Å². The Kier molecular flexibility index (Phi) is 4.77. The van der Waals surface area contributed by atoms with Crippen LogP contribution in [0.1, 0.15) is 36.0 Å². The van der Waals surface area contributed by atoms with E-state index in [2.05, 4.69) is 40.3 Å². The molecule has 3 atom stereocenters. The minimum atomic E-state index is -2.86. The van der Waals surface area contributed by atoms with Crippen LogP contribution in [0.5, 0.6) is 0 Å². The van der Waals surface area contributed by atoms with E-state index in [1.54, 1.807) is 4.90 Å². The van der Waals surface area contributed by atoms with E-state index in [9.17, 15) is 8.42 Å². The molecule has 7 heteroatoms. The molecule has 0 radical (unpaired) electrons. The van der Waals surface area contributed by atoms with Crippen molar-refractivity contribution in [2.24, 2.45) is 5.92 Å². The molecule has 0 bridgehead atoms. The summed E-state index contributed by atoms with van der Waals surface area (Å²) in [6.45, 7) is 2.07. The molecule has 1 unspecified atom stereocenters. The molecule has 1 N–H and O–H groups in total. The number of hydrogen-bond donors (Lipinski definition) is 1. The van der Waals surface area contributed by atoms with Crippen molar-refractivity contribution in [3.05, 3.63) is 52.5 Å². The topological polar surface area (TPSA) is 56.4 Å². The smallest absolute Gasteiger partial charge is 0.158 e. The lowest BCUT2D eigenvalue weighted by Gasteiger charge is -2.23. The molecule has 0 spiro atoms. The molecule has 148 valence electrons. The van der Waals surface area contributed by atoms with E-state index in [4.69, 9.17) is 4.98 Å². The molecule has 5 rings (SSSR count). The van der Waals surface area contributed by atoms with Gasteiger partial charge in [-0.15, -0.1) is 11.3 Å². The van der Waals surface area contributed by atoms with Crippen LogP contribution in [0.25, 0.3) is 11.0 Å². The zero-order valence-electron chi connectivity index (χ0n) is 15.9. The number of nitrogens with zero attached hydrogens (tertiary/aromatic N) is 2. The summed E-state index contributed by atoms with van der Waals surface area (Å²) < 4.78 is 26.2. The zero-order valence-corrected chi connectivity index (χ0v) is 17.5. The first-order valence-electron chi connectivity index (χ1n) is 10.1. The number of benzene rings is 1. The van der Waals surface area contributed by atoms with Gasteiger partial charge >= 0.3 is 0 Å². The Labute approximate surface area is 169 Å². The molecule has 0 amide bonds. The first-order chi connectivity index (χ1) is 13.6. The van der Waals surface area contributed by atoms with Crippen LogP contribution in [-0.4, -0.2) is 36.0 Å². The fourth-order valence-electron chi connectivity index (χ4n) is 4.89. The van der Waals surface area contributed by atoms with Gasteiger partial charge in [0.05, 0.1) is 34.0 Å². The lowest BCUT2D eigenvalue weighted by atomic mass is 10.1. The Bertz CT molecular complexity index is 1070. The molecule has 2 aromatic heterocycles. The molecule has 1 aromatic carbocycles. The number of quaternary nitrogens is 1. The average molecular weight is 417 g/mol. The summed E-state index contributed by atoms with van der Waals surface area (Å²) >= 11 is 1.86. The van der Waals surface area contributed by atoms with Crippen molar-refractivity contribution in [3.8, 4) is 0 Å². The first-order valence-corrected chi connectivity index (χ1v) is 12.8. The lowest BCUT2D eigenvalue weighted by Crippen LogP contribution is -3.09. The second kappa shape index (κ2) is 7.28. The molecule has 2 aliphatic heterocycles. The highest BCUT2D eigenvalue weighted by molar-refractivity contribution is 7.91. The molecule has 4 heterocycles. The predicted octanol–water partition coefficient (Wildman–Crippen LogP) is 2.45. The molecule has 28 heavy (non-hydrogen) atoms. The summed E-state index contributed by atoms with van der Waals surface area (Å²) in [4.78, 5) is 7.97. The summed E-state index contributed by atoms with van der Waals surface area (Å²) in [5.74, 6) is 1.88. The Morgan fingerprint density at radius 3 is 2.86 bits per heavy atom. The molecule has 2 saturated heterocycles. The molecular weight excluding hydrogens is 390 g/mol. The van der Waals surface area contributed by atoms with E-state index in [1.807, 2.05) is 17.4 Å². The van der Waals surface area contributed by atoms with E-state index in [-0.39, 0.29) is 5.92 Å². The maximum atomic E-state index is 11.9. The van der Waals surface area contributed by atoms with Crippen LogP contribution in [0.4, 0.5) is 0 Å². The summed E-state index contributed by atoms with van der Waals surface area (Å²) in [7, 11) is -2.86. The van der Waals surface area contributed by atoms with Crippen LogP contribution in [-0.2, 0) is 22.9 Å². The van der Waals surface area contributed by atoms with Gasteiger partial charge in [-0.25, -0.2) is 13.4 Å². The van der Waals surface area contributed by atoms with Crippen molar-refractivity contribution in [2.75, 3.05) is 18.1 Å². The SMILES string of the molecule is O=S1(=O)CC[C@@H](Cc2nc3ccccc3n2C[NH+]2CCC[C@@H]2c2cccs2)C1. The summed E-state index contributed by atoms with van der Waals surface area (Å²) in [5.41, 5.74) is 2.19. The molecule has 0 aliphatic carbocycles. The molecule has 3 aromatic rings. The van der Waals surface area contributed by atoms with Crippen LogP contribution in [0, 0.1) is 5.92 Å². The molecule has 2 aliphatic rings. The third-order valence-electron chi connectivity index (χ3n) is 6.26. The average Bonchev–Trinajstić information content (AvgIpc) is 3.44. The number of sulfone groups is 1. The Balaban J connectivity index is 1.46. The maximum absolute atomic E-state index is 11.9. The van der Waals surface area contributed by atoms with Gasteiger partial charge in [0.25, 0.3) is 0 Å². The monoisotopic (exact) mass is 416 g/mol. The molecular formula is C21H26N3O2S2+. The van der Waals surface area contributed by atoms with E-state index in [0.29, 0.717) is 17.5 Å². The van der Waals surface area contributed by atoms with E-state index < -0.39 is 9.84 Å². The Hall–Kier alpha value is -1.70. The third kappa shape index (κ3) is 3.51. The minimum Gasteiger partial charge on any atom is -0.311 e. The minimum absolute atomic E-state index is 0.197. The van der Waals surface area contributed by atoms with Crippen molar-refractivity contribution in [1.82, 2.24) is 9.55 Å². The van der Waals surface area contributed by atoms with E-state index in [1.165, 1.54) is 29.8 Å². The van der Waals surface area contributed by atoms with Gasteiger partial charge in [-0.1, -0.05) is 18.2 Å². The first kappa shape index (κ1) is 18.3. The largest absolute Gasteiger partial charge is 0.311 e. The number of thiophene rings is 1. The zero-order chi connectivity index (χ0) is 19.1. The standard InChI is InChI=1S/C21H25N3O2S2/c25-28(26)12-9-16(14-28)13-21-22-17-5-1-2-6-18(17)24(21)15-23-10-3-7-19(23)20-8-4-11-27-20/h1-2,4-6,8,11,16,19H,3,7,9-10,12-15H2/p+1/t16-,19+/m0/s1. The van der Waals surface area contributed by atoms with Crippen LogP contribution < -0.4 is 4.90 Å². The highest BCUT2D eigenvalue weighted by Gasteiger charge is 2.33. The van der Waals surface area contributed by atoms with Gasteiger partial charge in [-0.3, -0.25) is 4.57 Å². The van der Waals surface area contributed by atoms with E-state index in [0.717, 1.165) is 30.9 Å². The fraction of sp³-hybridized carbons (Fsp3) is 0.476. The third-order valence-corrected chi connectivity index (χ3v) is 9.09. The highest BCUT2D eigenvalue weighted by atomic mass is 32.2. The molecule has 5 nitrogen and oxygen atoms in total. The van der Waals surface area contributed by atoms with Crippen LogP contribution in [0.3, 0.4) is 0 Å². The summed E-state index contributed by atoms with van der Waals surface area (Å²) in [5, 5.41) is 2.17. The van der Waals surface area contributed by atoms with Crippen molar-refractivity contribution >= 4 is 32.2 Å². The lowest BCUT2D eigenvalue weighted by molar-refractivity contribution is -0.940. The van der Waals surface area contributed by atoms with Gasteiger partial charge in [-0.2, -0.15) is 0 Å². The normalized spacial score (nSPS) is 26.9. The number of para-hydroxylation sites is 2. The van der Waals surface area contributed by atoms with E-state index >= 15 is 0 Å². The quantitative estimate of drug-likeness (QED) is 0.695. The van der Waals surface area contributed by atoms with Gasteiger partial charge in [0.1, 0.15) is 11.9 Å². The molecule has 2 fully saturated rings. The Morgan fingerprint density at radius 1 is 1.18 bits per heavy atom. The maximum Gasteiger partial charge on any atom is 0.158 e. The van der Waals surface area contributed by atoms with Crippen molar-refractivity contribution in [3.63, 3.8) is 0 Å². The fourth-order valence-corrected chi connectivity index (χ4v) is 7.67. The number of aromatic nitrogens is 2. The van der Waals surface area contributed by atoms with Crippen molar-refractivity contribution in [1.29, 1.82) is 0 Å². The summed E-state index contributed by atoms with van der Waals surface area (Å²) in [6.07, 6.45) is 4.00. The van der Waals surface area contributed by atoms with Crippen LogP contribution in [0.15, 0.2) is 41.8 Å². The van der Waals surface area contributed by atoms with Gasteiger partial charge in [0.2, 0.25) is 0 Å². The predicted molar refractivity (Wildman–Crippen MR) is 112 cm³/mol. The Morgan fingerprint density at radius 2 is 2.07 bits per heavy atom. The van der Waals surface area contributed by atoms with Crippen LogP contribution >= 0.6 is 11.3 Å². The second-order valence-corrected chi connectivity index (χ2v) is 11.4. The summed E-state index contributed by atoms with van der Waals surface area (Å²) in [6, 6.07) is 13.3. The van der Waals surface area contributed by atoms with Gasteiger partial charge in [0, 0.05) is 19.3 Å². The second-order valence-electron chi connectivity index (χ2n) is 8.19. The number of rotatable bonds is 5. The number of imidazole rings is 1.